The third-order valence-corrected chi connectivity index (χ3v) is 9.62. The number of aliphatic carboxylic acids is 1. The largest absolute Gasteiger partial charge is 0.481 e. The van der Waals surface area contributed by atoms with Crippen molar-refractivity contribution in [2.45, 2.75) is 49.8 Å². The van der Waals surface area contributed by atoms with E-state index in [1.165, 1.54) is 4.31 Å². The molecule has 2 aromatic rings. The number of thioether (sulfide) groups is 1. The van der Waals surface area contributed by atoms with Crippen molar-refractivity contribution in [2.75, 3.05) is 12.3 Å². The Morgan fingerprint density at radius 2 is 1.84 bits per heavy atom. The van der Waals surface area contributed by atoms with Gasteiger partial charge in [-0.15, -0.1) is 0 Å². The second-order valence-corrected chi connectivity index (χ2v) is 12.3. The first-order valence-electron chi connectivity index (χ1n) is 10.8. The van der Waals surface area contributed by atoms with Crippen LogP contribution in [-0.2, 0) is 14.8 Å². The Bertz CT molecular complexity index is 1040. The molecule has 174 valence electrons. The first kappa shape index (κ1) is 25.1. The fraction of sp³-hybridized carbons (Fsp3) is 0.458. The monoisotopic (exact) mass is 495 g/mol. The molecule has 1 heterocycles. The molecule has 0 spiro atoms. The van der Waals surface area contributed by atoms with Crippen LogP contribution in [0.1, 0.15) is 43.9 Å². The molecule has 3 atom stereocenters. The highest BCUT2D eigenvalue weighted by atomic mass is 35.5. The highest BCUT2D eigenvalue weighted by molar-refractivity contribution is 7.99. The number of halogens is 1. The Hall–Kier alpha value is -1.54. The quantitative estimate of drug-likeness (QED) is 0.513. The zero-order valence-electron chi connectivity index (χ0n) is 18.6. The lowest BCUT2D eigenvalue weighted by molar-refractivity contribution is -0.143. The third kappa shape index (κ3) is 5.68. The number of carboxylic acids is 1. The summed E-state index contributed by atoms with van der Waals surface area (Å²) in [6.45, 7) is 5.98. The van der Waals surface area contributed by atoms with Gasteiger partial charge < -0.3 is 5.11 Å². The van der Waals surface area contributed by atoms with Gasteiger partial charge in [0, 0.05) is 16.8 Å². The summed E-state index contributed by atoms with van der Waals surface area (Å²) in [7, 11) is -3.90. The molecule has 1 saturated heterocycles. The molecule has 0 unspecified atom stereocenters. The number of piperidine rings is 1. The van der Waals surface area contributed by atoms with Crippen LogP contribution in [0.2, 0.25) is 5.02 Å². The van der Waals surface area contributed by atoms with Crippen LogP contribution in [0.25, 0.3) is 0 Å². The van der Waals surface area contributed by atoms with Crippen LogP contribution in [-0.4, -0.2) is 41.3 Å². The van der Waals surface area contributed by atoms with Crippen molar-refractivity contribution in [2.24, 2.45) is 11.8 Å². The molecule has 0 saturated carbocycles. The van der Waals surface area contributed by atoms with Crippen molar-refractivity contribution in [3.8, 4) is 0 Å². The summed E-state index contributed by atoms with van der Waals surface area (Å²) in [6, 6.07) is 13.6. The zero-order chi connectivity index (χ0) is 23.5. The minimum atomic E-state index is -3.90. The third-order valence-electron chi connectivity index (χ3n) is 5.91. The first-order valence-corrected chi connectivity index (χ1v) is 13.6. The molecule has 32 heavy (non-hydrogen) atoms. The van der Waals surface area contributed by atoms with Gasteiger partial charge in [0.15, 0.2) is 0 Å². The lowest BCUT2D eigenvalue weighted by Gasteiger charge is -2.42. The molecule has 1 aliphatic heterocycles. The van der Waals surface area contributed by atoms with Crippen molar-refractivity contribution < 1.29 is 18.3 Å². The van der Waals surface area contributed by atoms with Crippen LogP contribution in [0.3, 0.4) is 0 Å². The van der Waals surface area contributed by atoms with Crippen LogP contribution in [0.15, 0.2) is 53.4 Å². The van der Waals surface area contributed by atoms with E-state index in [1.54, 1.807) is 55.1 Å². The first-order chi connectivity index (χ1) is 15.1. The van der Waals surface area contributed by atoms with E-state index in [2.05, 4.69) is 13.8 Å². The van der Waals surface area contributed by atoms with Gasteiger partial charge in [0.05, 0.1) is 16.9 Å². The van der Waals surface area contributed by atoms with Gasteiger partial charge in [-0.1, -0.05) is 55.8 Å². The molecule has 2 aromatic carbocycles. The molecule has 8 heteroatoms. The number of hydrogen-bond donors (Lipinski definition) is 1. The average Bonchev–Trinajstić information content (AvgIpc) is 2.73. The van der Waals surface area contributed by atoms with Gasteiger partial charge in [-0.3, -0.25) is 4.79 Å². The van der Waals surface area contributed by atoms with E-state index in [1.807, 2.05) is 12.1 Å². The van der Waals surface area contributed by atoms with Gasteiger partial charge >= 0.3 is 5.97 Å². The predicted octanol–water partition coefficient (Wildman–Crippen LogP) is 5.63. The maximum atomic E-state index is 13.7. The SMILES string of the molecule is Cc1ccccc1S(=O)(=O)N1C[C@@H](C(=O)O)[C@H](SCCC(C)C)C[C@H]1c1ccc(Cl)cc1. The van der Waals surface area contributed by atoms with Crippen LogP contribution >= 0.6 is 23.4 Å². The van der Waals surface area contributed by atoms with E-state index in [0.29, 0.717) is 22.9 Å². The summed E-state index contributed by atoms with van der Waals surface area (Å²) in [5.74, 6) is -0.343. The summed E-state index contributed by atoms with van der Waals surface area (Å²) in [6.07, 6.45) is 1.43. The van der Waals surface area contributed by atoms with Gasteiger partial charge in [-0.25, -0.2) is 8.42 Å². The van der Waals surface area contributed by atoms with Crippen molar-refractivity contribution >= 4 is 39.4 Å². The summed E-state index contributed by atoms with van der Waals surface area (Å²) in [4.78, 5) is 12.4. The van der Waals surface area contributed by atoms with E-state index in [4.69, 9.17) is 11.6 Å². The summed E-state index contributed by atoms with van der Waals surface area (Å²) >= 11 is 7.72. The number of benzene rings is 2. The molecule has 5 nitrogen and oxygen atoms in total. The van der Waals surface area contributed by atoms with Gasteiger partial charge in [0.2, 0.25) is 10.0 Å². The number of sulfonamides is 1. The molecule has 0 bridgehead atoms. The fourth-order valence-electron chi connectivity index (χ4n) is 4.04. The predicted molar refractivity (Wildman–Crippen MR) is 131 cm³/mol. The lowest BCUT2D eigenvalue weighted by Crippen LogP contribution is -2.49. The van der Waals surface area contributed by atoms with Crippen molar-refractivity contribution in [1.82, 2.24) is 4.31 Å². The van der Waals surface area contributed by atoms with E-state index in [-0.39, 0.29) is 16.7 Å². The van der Waals surface area contributed by atoms with Crippen LogP contribution in [0, 0.1) is 18.8 Å². The standard InChI is InChI=1S/C24H30ClNO4S2/c1-16(2)12-13-31-22-14-21(18-8-10-19(25)11-9-18)26(15-20(22)24(27)28)32(29,30)23-7-5-4-6-17(23)3/h4-11,16,20-22H,12-15H2,1-3H3,(H,27,28)/t20-,21+,22-/m1/s1. The van der Waals surface area contributed by atoms with Crippen molar-refractivity contribution in [3.05, 3.63) is 64.7 Å². The molecule has 1 N–H and O–H groups in total. The molecule has 3 rings (SSSR count). The summed E-state index contributed by atoms with van der Waals surface area (Å²) < 4.78 is 28.9. The maximum absolute atomic E-state index is 13.7. The molecule has 0 amide bonds. The normalized spacial score (nSPS) is 22.2. The number of rotatable bonds is 8. The summed E-state index contributed by atoms with van der Waals surface area (Å²) in [5.41, 5.74) is 1.47. The van der Waals surface area contributed by atoms with Crippen LogP contribution in [0.5, 0.6) is 0 Å². The Morgan fingerprint density at radius 1 is 1.19 bits per heavy atom. The minimum absolute atomic E-state index is 0.0569. The highest BCUT2D eigenvalue weighted by Crippen LogP contribution is 2.43. The minimum Gasteiger partial charge on any atom is -0.481 e. The van der Waals surface area contributed by atoms with Gasteiger partial charge in [0.25, 0.3) is 0 Å². The van der Waals surface area contributed by atoms with Crippen LogP contribution in [0.4, 0.5) is 0 Å². The average molecular weight is 496 g/mol. The number of hydrogen-bond acceptors (Lipinski definition) is 4. The highest BCUT2D eigenvalue weighted by Gasteiger charge is 2.45. The number of carboxylic acid groups (broad SMARTS) is 1. The number of carbonyl (C=O) groups is 1. The molecule has 0 aromatic heterocycles. The van der Waals surface area contributed by atoms with E-state index in [0.717, 1.165) is 17.7 Å². The topological polar surface area (TPSA) is 74.7 Å². The van der Waals surface area contributed by atoms with E-state index >= 15 is 0 Å². The summed E-state index contributed by atoms with van der Waals surface area (Å²) in [5, 5.41) is 10.4. The Kier molecular flexibility index (Phi) is 8.31. The Balaban J connectivity index is 2.02. The smallest absolute Gasteiger partial charge is 0.308 e. The molecule has 0 aliphatic carbocycles. The zero-order valence-corrected chi connectivity index (χ0v) is 21.0. The van der Waals surface area contributed by atoms with Gasteiger partial charge in [-0.05, 0) is 60.8 Å². The molecule has 1 aliphatic rings. The Morgan fingerprint density at radius 3 is 2.44 bits per heavy atom. The second-order valence-electron chi connectivity index (χ2n) is 8.68. The molecular formula is C24H30ClNO4S2. The van der Waals surface area contributed by atoms with Crippen molar-refractivity contribution in [3.63, 3.8) is 0 Å². The number of nitrogens with zero attached hydrogens (tertiary/aromatic N) is 1. The maximum Gasteiger partial charge on any atom is 0.308 e. The van der Waals surface area contributed by atoms with Crippen molar-refractivity contribution in [1.29, 1.82) is 0 Å². The molecule has 0 radical (unpaired) electrons. The van der Waals surface area contributed by atoms with Gasteiger partial charge in [-0.2, -0.15) is 16.1 Å². The Labute approximate surface area is 200 Å². The molecular weight excluding hydrogens is 466 g/mol. The van der Waals surface area contributed by atoms with E-state index in [9.17, 15) is 18.3 Å². The van der Waals surface area contributed by atoms with Crippen LogP contribution < -0.4 is 0 Å². The fourth-order valence-corrected chi connectivity index (χ4v) is 7.71. The lowest BCUT2D eigenvalue weighted by atomic mass is 9.90. The van der Waals surface area contributed by atoms with E-state index < -0.39 is 28.0 Å². The molecule has 1 fully saturated rings. The number of aryl methyl sites for hydroxylation is 1. The second kappa shape index (κ2) is 10.6. The van der Waals surface area contributed by atoms with Gasteiger partial charge in [0.1, 0.15) is 0 Å².